The second kappa shape index (κ2) is 6.04. The molecule has 1 aromatic rings. The molecule has 2 N–H and O–H groups in total. The molecule has 0 bridgehead atoms. The number of halogens is 3. The molecule has 1 aromatic carbocycles. The molecule has 0 aliphatic heterocycles. The molecule has 0 saturated carbocycles. The van der Waals surface area contributed by atoms with Gasteiger partial charge in [0, 0.05) is 6.54 Å². The lowest BCUT2D eigenvalue weighted by Gasteiger charge is -2.25. The molecule has 0 radical (unpaired) electrons. The molecule has 0 amide bonds. The highest BCUT2D eigenvalue weighted by atomic mass is 19.4. The Morgan fingerprint density at radius 1 is 1.20 bits per heavy atom. The Morgan fingerprint density at radius 2 is 1.80 bits per heavy atom. The third-order valence-corrected chi connectivity index (χ3v) is 3.13. The van der Waals surface area contributed by atoms with Crippen molar-refractivity contribution in [2.24, 2.45) is 11.7 Å². The molecule has 0 aromatic heterocycles. The molecular formula is C15H22F3NO. The average Bonchev–Trinajstić information content (AvgIpc) is 2.28. The quantitative estimate of drug-likeness (QED) is 0.914. The van der Waals surface area contributed by atoms with E-state index in [1.807, 2.05) is 39.8 Å². The number of aryl methyl sites for hydroxylation is 1. The fourth-order valence-corrected chi connectivity index (χ4v) is 1.84. The number of hydrogen-bond donors (Lipinski definition) is 1. The Kier molecular flexibility index (Phi) is 5.08. The van der Waals surface area contributed by atoms with Gasteiger partial charge in [0.2, 0.25) is 0 Å². The summed E-state index contributed by atoms with van der Waals surface area (Å²) in [4.78, 5) is 0. The zero-order valence-corrected chi connectivity index (χ0v) is 12.3. The lowest BCUT2D eigenvalue weighted by molar-refractivity contribution is -0.178. The van der Waals surface area contributed by atoms with Crippen LogP contribution in [0, 0.1) is 12.8 Å². The summed E-state index contributed by atoms with van der Waals surface area (Å²) in [7, 11) is 0. The molecule has 1 rings (SSSR count). The van der Waals surface area contributed by atoms with E-state index in [2.05, 4.69) is 0 Å². The van der Waals surface area contributed by atoms with Crippen molar-refractivity contribution < 1.29 is 17.9 Å². The Hall–Kier alpha value is -1.23. The van der Waals surface area contributed by atoms with Crippen LogP contribution in [0.2, 0.25) is 0 Å². The van der Waals surface area contributed by atoms with Gasteiger partial charge in [0.1, 0.15) is 18.3 Å². The van der Waals surface area contributed by atoms with Gasteiger partial charge in [-0.3, -0.25) is 0 Å². The minimum absolute atomic E-state index is 0.197. The van der Waals surface area contributed by atoms with E-state index in [1.54, 1.807) is 6.07 Å². The van der Waals surface area contributed by atoms with Gasteiger partial charge in [0.25, 0.3) is 0 Å². The fraction of sp³-hybridized carbons (Fsp3) is 0.600. The van der Waals surface area contributed by atoms with Crippen LogP contribution in [0.15, 0.2) is 18.2 Å². The standard InChI is InChI=1S/C15H22F3NO/c1-10-5-6-13(12(7-10)14(2,3)4)20-9-11(8-19)15(16,17)18/h5-7,11H,8-9,19H2,1-4H3. The van der Waals surface area contributed by atoms with Gasteiger partial charge in [-0.15, -0.1) is 0 Å². The van der Waals surface area contributed by atoms with Crippen LogP contribution in [0.5, 0.6) is 5.75 Å². The molecule has 0 heterocycles. The Morgan fingerprint density at radius 3 is 2.25 bits per heavy atom. The van der Waals surface area contributed by atoms with Crippen LogP contribution in [0.1, 0.15) is 31.9 Å². The number of alkyl halides is 3. The van der Waals surface area contributed by atoms with E-state index in [0.717, 1.165) is 11.1 Å². The highest BCUT2D eigenvalue weighted by Gasteiger charge is 2.39. The van der Waals surface area contributed by atoms with Crippen LogP contribution >= 0.6 is 0 Å². The van der Waals surface area contributed by atoms with Crippen molar-refractivity contribution in [1.29, 1.82) is 0 Å². The first-order valence-corrected chi connectivity index (χ1v) is 6.56. The van der Waals surface area contributed by atoms with Gasteiger partial charge in [-0.2, -0.15) is 13.2 Å². The van der Waals surface area contributed by atoms with E-state index in [9.17, 15) is 13.2 Å². The monoisotopic (exact) mass is 289 g/mol. The minimum Gasteiger partial charge on any atom is -0.493 e. The van der Waals surface area contributed by atoms with Gasteiger partial charge in [0.05, 0.1) is 0 Å². The van der Waals surface area contributed by atoms with Crippen LogP contribution in [0.3, 0.4) is 0 Å². The number of benzene rings is 1. The predicted molar refractivity (Wildman–Crippen MR) is 74.0 cm³/mol. The van der Waals surface area contributed by atoms with Crippen molar-refractivity contribution in [1.82, 2.24) is 0 Å². The summed E-state index contributed by atoms with van der Waals surface area (Å²) in [6, 6.07) is 5.50. The van der Waals surface area contributed by atoms with Crippen LogP contribution in [0.25, 0.3) is 0 Å². The Labute approximate surface area is 118 Å². The van der Waals surface area contributed by atoms with E-state index in [4.69, 9.17) is 10.5 Å². The van der Waals surface area contributed by atoms with Crippen molar-refractivity contribution in [2.45, 2.75) is 39.3 Å². The Balaban J connectivity index is 2.93. The maximum atomic E-state index is 12.7. The van der Waals surface area contributed by atoms with Gasteiger partial charge in [-0.05, 0) is 24.0 Å². The number of nitrogens with two attached hydrogens (primary N) is 1. The molecule has 1 unspecified atom stereocenters. The summed E-state index contributed by atoms with van der Waals surface area (Å²) in [6.07, 6.45) is -4.33. The molecule has 2 nitrogen and oxygen atoms in total. The van der Waals surface area contributed by atoms with E-state index < -0.39 is 25.2 Å². The molecular weight excluding hydrogens is 267 g/mol. The van der Waals surface area contributed by atoms with Crippen molar-refractivity contribution in [3.8, 4) is 5.75 Å². The minimum atomic E-state index is -4.33. The summed E-state index contributed by atoms with van der Waals surface area (Å²) in [6.45, 7) is 7.01. The van der Waals surface area contributed by atoms with Gasteiger partial charge >= 0.3 is 6.18 Å². The first kappa shape index (κ1) is 16.8. The average molecular weight is 289 g/mol. The predicted octanol–water partition coefficient (Wildman–Crippen LogP) is 3.81. The zero-order chi connectivity index (χ0) is 15.6. The smallest absolute Gasteiger partial charge is 0.396 e. The molecule has 5 heteroatoms. The molecule has 114 valence electrons. The van der Waals surface area contributed by atoms with Crippen LogP contribution in [-0.4, -0.2) is 19.3 Å². The largest absolute Gasteiger partial charge is 0.493 e. The first-order valence-electron chi connectivity index (χ1n) is 6.56. The Bertz CT molecular complexity index is 449. The second-order valence-electron chi connectivity index (χ2n) is 6.03. The third kappa shape index (κ3) is 4.40. The summed E-state index contributed by atoms with van der Waals surface area (Å²) >= 11 is 0. The SMILES string of the molecule is Cc1ccc(OCC(CN)C(F)(F)F)c(C(C)(C)C)c1. The maximum absolute atomic E-state index is 12.7. The highest BCUT2D eigenvalue weighted by Crippen LogP contribution is 2.33. The normalized spacial score (nSPS) is 14.2. The molecule has 0 spiro atoms. The van der Waals surface area contributed by atoms with Crippen molar-refractivity contribution in [2.75, 3.05) is 13.2 Å². The summed E-state index contributed by atoms with van der Waals surface area (Å²) < 4.78 is 43.4. The number of rotatable bonds is 4. The van der Waals surface area contributed by atoms with Gasteiger partial charge in [-0.1, -0.05) is 38.5 Å². The van der Waals surface area contributed by atoms with Gasteiger partial charge in [0.15, 0.2) is 0 Å². The molecule has 0 aliphatic carbocycles. The highest BCUT2D eigenvalue weighted by molar-refractivity contribution is 5.41. The first-order chi connectivity index (χ1) is 9.05. The van der Waals surface area contributed by atoms with E-state index >= 15 is 0 Å². The van der Waals surface area contributed by atoms with Crippen LogP contribution < -0.4 is 10.5 Å². The van der Waals surface area contributed by atoms with E-state index in [0.29, 0.717) is 5.75 Å². The summed E-state index contributed by atoms with van der Waals surface area (Å²) in [5.74, 6) is -1.15. The fourth-order valence-electron chi connectivity index (χ4n) is 1.84. The molecule has 1 atom stereocenters. The maximum Gasteiger partial charge on any atom is 0.396 e. The van der Waals surface area contributed by atoms with Gasteiger partial charge < -0.3 is 10.5 Å². The second-order valence-corrected chi connectivity index (χ2v) is 6.03. The molecule has 20 heavy (non-hydrogen) atoms. The summed E-state index contributed by atoms with van der Waals surface area (Å²) in [5, 5.41) is 0. The van der Waals surface area contributed by atoms with E-state index in [-0.39, 0.29) is 5.41 Å². The van der Waals surface area contributed by atoms with Crippen molar-refractivity contribution in [3.63, 3.8) is 0 Å². The summed E-state index contributed by atoms with van der Waals surface area (Å²) in [5.41, 5.74) is 6.92. The lowest BCUT2D eigenvalue weighted by Crippen LogP contribution is -2.35. The van der Waals surface area contributed by atoms with Crippen molar-refractivity contribution in [3.05, 3.63) is 29.3 Å². The van der Waals surface area contributed by atoms with Gasteiger partial charge in [-0.25, -0.2) is 0 Å². The van der Waals surface area contributed by atoms with Crippen molar-refractivity contribution >= 4 is 0 Å². The van der Waals surface area contributed by atoms with E-state index in [1.165, 1.54) is 0 Å². The number of ether oxygens (including phenoxy) is 1. The zero-order valence-electron chi connectivity index (χ0n) is 12.3. The molecule has 0 fully saturated rings. The molecule has 0 saturated heterocycles. The van der Waals surface area contributed by atoms with Crippen LogP contribution in [0.4, 0.5) is 13.2 Å². The lowest BCUT2D eigenvalue weighted by atomic mass is 9.85. The number of hydrogen-bond acceptors (Lipinski definition) is 2. The van der Waals surface area contributed by atoms with Crippen LogP contribution in [-0.2, 0) is 5.41 Å². The third-order valence-electron chi connectivity index (χ3n) is 3.13. The topological polar surface area (TPSA) is 35.2 Å². The molecule has 0 aliphatic rings.